The number of aromatic nitrogens is 1. The first-order valence-electron chi connectivity index (χ1n) is 8.70. The molecule has 0 aliphatic carbocycles. The molecule has 3 heterocycles. The van der Waals surface area contributed by atoms with Crippen LogP contribution in [0.1, 0.15) is 22.2 Å². The van der Waals surface area contributed by atoms with E-state index < -0.39 is 5.82 Å². The molecule has 2 aliphatic heterocycles. The fraction of sp³-hybridized carbons (Fsp3) is 0.250. The third-order valence-corrected chi connectivity index (χ3v) is 6.38. The molecule has 0 spiro atoms. The third kappa shape index (κ3) is 2.18. The molecule has 1 atom stereocenters. The summed E-state index contributed by atoms with van der Waals surface area (Å²) in [4.78, 5) is 16.9. The molecule has 7 heteroatoms. The number of anilines is 1. The monoisotopic (exact) mass is 429 g/mol. The summed E-state index contributed by atoms with van der Waals surface area (Å²) >= 11 is 3.76. The first-order chi connectivity index (χ1) is 13.0. The molecule has 0 fully saturated rings. The number of benzene rings is 2. The van der Waals surface area contributed by atoms with E-state index in [4.69, 9.17) is 4.74 Å². The van der Waals surface area contributed by atoms with Crippen LogP contribution < -0.4 is 9.64 Å². The smallest absolute Gasteiger partial charge is 0.258 e. The van der Waals surface area contributed by atoms with E-state index in [1.807, 2.05) is 35.0 Å². The minimum absolute atomic E-state index is 0.131. The second-order valence-electron chi connectivity index (χ2n) is 6.88. The number of amides is 1. The molecule has 0 saturated carbocycles. The molecule has 0 radical (unpaired) electrons. The maximum absolute atomic E-state index is 13.7. The van der Waals surface area contributed by atoms with Gasteiger partial charge in [-0.3, -0.25) is 4.79 Å². The Morgan fingerprint density at radius 2 is 2.00 bits per heavy atom. The molecule has 1 unspecified atom stereocenters. The van der Waals surface area contributed by atoms with Crippen molar-refractivity contribution >= 4 is 38.4 Å². The Hall–Kier alpha value is -2.54. The topological polar surface area (TPSA) is 37.7 Å². The predicted molar refractivity (Wildman–Crippen MR) is 105 cm³/mol. The van der Waals surface area contributed by atoms with Crippen molar-refractivity contribution in [2.75, 3.05) is 25.6 Å². The molecule has 2 aliphatic rings. The Labute approximate surface area is 164 Å². The number of rotatable bonds is 1. The van der Waals surface area contributed by atoms with Gasteiger partial charge < -0.3 is 19.1 Å². The van der Waals surface area contributed by atoms with Crippen LogP contribution in [0.15, 0.2) is 40.9 Å². The summed E-state index contributed by atoms with van der Waals surface area (Å²) in [5.41, 5.74) is 3.28. The average Bonchev–Trinajstić information content (AvgIpc) is 2.97. The molecule has 138 valence electrons. The number of ether oxygens (including phenoxy) is 1. The van der Waals surface area contributed by atoms with Crippen molar-refractivity contribution in [3.8, 4) is 5.75 Å². The predicted octanol–water partition coefficient (Wildman–Crippen LogP) is 4.16. The normalized spacial score (nSPS) is 18.4. The highest BCUT2D eigenvalue weighted by Gasteiger charge is 2.42. The number of methoxy groups -OCH3 is 1. The number of halogens is 2. The lowest BCUT2D eigenvalue weighted by Gasteiger charge is -2.46. The Morgan fingerprint density at radius 1 is 1.19 bits per heavy atom. The molecule has 5 nitrogen and oxygen atoms in total. The van der Waals surface area contributed by atoms with Crippen molar-refractivity contribution in [2.24, 2.45) is 0 Å². The van der Waals surface area contributed by atoms with E-state index in [0.717, 1.165) is 32.5 Å². The van der Waals surface area contributed by atoms with Gasteiger partial charge >= 0.3 is 0 Å². The molecule has 0 bridgehead atoms. The fourth-order valence-corrected chi connectivity index (χ4v) is 5.03. The van der Waals surface area contributed by atoms with Gasteiger partial charge in [-0.1, -0.05) is 0 Å². The molecule has 27 heavy (non-hydrogen) atoms. The van der Waals surface area contributed by atoms with Crippen LogP contribution in [-0.2, 0) is 6.54 Å². The Bertz CT molecular complexity index is 1110. The molecule has 5 rings (SSSR count). The molecular formula is C20H17BrFN3O2. The van der Waals surface area contributed by atoms with Gasteiger partial charge in [-0.15, -0.1) is 0 Å². The fourth-order valence-electron chi connectivity index (χ4n) is 4.29. The molecule has 1 aromatic heterocycles. The Kier molecular flexibility index (Phi) is 3.53. The molecule has 2 aromatic carbocycles. The lowest BCUT2D eigenvalue weighted by Crippen LogP contribution is -2.52. The number of carbonyl (C=O) groups is 1. The number of carbonyl (C=O) groups excluding carboxylic acids is 1. The Morgan fingerprint density at radius 3 is 2.78 bits per heavy atom. The van der Waals surface area contributed by atoms with E-state index >= 15 is 0 Å². The van der Waals surface area contributed by atoms with Crippen molar-refractivity contribution in [3.05, 3.63) is 57.9 Å². The second-order valence-corrected chi connectivity index (χ2v) is 7.67. The van der Waals surface area contributed by atoms with Crippen LogP contribution in [0.5, 0.6) is 5.75 Å². The Balaban J connectivity index is 1.74. The highest BCUT2D eigenvalue weighted by atomic mass is 79.9. The van der Waals surface area contributed by atoms with E-state index in [9.17, 15) is 9.18 Å². The van der Waals surface area contributed by atoms with E-state index in [2.05, 4.69) is 20.5 Å². The van der Waals surface area contributed by atoms with Crippen LogP contribution >= 0.6 is 15.9 Å². The SMILES string of the molecule is COc1ccc2c(c1)c(Br)c1n2CCN2C(=O)c3cc(F)ccc3N(C)C12. The zero-order valence-corrected chi connectivity index (χ0v) is 16.5. The number of fused-ring (bicyclic) bond motifs is 6. The number of hydrogen-bond donors (Lipinski definition) is 0. The lowest BCUT2D eigenvalue weighted by atomic mass is 10.0. The summed E-state index contributed by atoms with van der Waals surface area (Å²) in [6.45, 7) is 1.25. The van der Waals surface area contributed by atoms with Gasteiger partial charge in [0.2, 0.25) is 0 Å². The van der Waals surface area contributed by atoms with Crippen LogP contribution in [0.3, 0.4) is 0 Å². The highest BCUT2D eigenvalue weighted by Crippen LogP contribution is 2.46. The van der Waals surface area contributed by atoms with Crippen molar-refractivity contribution in [3.63, 3.8) is 0 Å². The van der Waals surface area contributed by atoms with Crippen molar-refractivity contribution in [1.29, 1.82) is 0 Å². The quantitative estimate of drug-likeness (QED) is 0.582. The molecular weight excluding hydrogens is 413 g/mol. The lowest BCUT2D eigenvalue weighted by molar-refractivity contribution is 0.0600. The van der Waals surface area contributed by atoms with Crippen molar-refractivity contribution in [2.45, 2.75) is 12.7 Å². The largest absolute Gasteiger partial charge is 0.497 e. The maximum Gasteiger partial charge on any atom is 0.258 e. The summed E-state index contributed by atoms with van der Waals surface area (Å²) in [6.07, 6.45) is -0.253. The summed E-state index contributed by atoms with van der Waals surface area (Å²) in [5.74, 6) is 0.263. The zero-order chi connectivity index (χ0) is 18.9. The average molecular weight is 430 g/mol. The van der Waals surface area contributed by atoms with Crippen molar-refractivity contribution < 1.29 is 13.9 Å². The van der Waals surface area contributed by atoms with Gasteiger partial charge in [0, 0.05) is 31.0 Å². The molecule has 0 N–H and O–H groups in total. The summed E-state index contributed by atoms with van der Waals surface area (Å²) < 4.78 is 22.3. The van der Waals surface area contributed by atoms with E-state index in [1.54, 1.807) is 13.2 Å². The van der Waals surface area contributed by atoms with Crippen LogP contribution in [0, 0.1) is 5.82 Å². The number of hydrogen-bond acceptors (Lipinski definition) is 3. The van der Waals surface area contributed by atoms with Gasteiger partial charge in [0.15, 0.2) is 0 Å². The van der Waals surface area contributed by atoms with Crippen molar-refractivity contribution in [1.82, 2.24) is 9.47 Å². The molecule has 0 saturated heterocycles. The van der Waals surface area contributed by atoms with Gasteiger partial charge in [-0.05, 0) is 52.3 Å². The summed E-state index contributed by atoms with van der Waals surface area (Å²) in [7, 11) is 3.59. The van der Waals surface area contributed by atoms with E-state index in [1.165, 1.54) is 12.1 Å². The second kappa shape index (κ2) is 5.73. The van der Waals surface area contributed by atoms with Gasteiger partial charge in [-0.2, -0.15) is 0 Å². The zero-order valence-electron chi connectivity index (χ0n) is 14.9. The highest BCUT2D eigenvalue weighted by molar-refractivity contribution is 9.10. The minimum atomic E-state index is -0.395. The van der Waals surface area contributed by atoms with Gasteiger partial charge in [0.25, 0.3) is 5.91 Å². The van der Waals surface area contributed by atoms with Crippen LogP contribution in [0.4, 0.5) is 10.1 Å². The van der Waals surface area contributed by atoms with Crippen LogP contribution in [0.2, 0.25) is 0 Å². The molecule has 1 amide bonds. The standard InChI is InChI=1S/C20H17BrFN3O2/c1-23-15-5-3-11(22)9-14(15)20(26)25-8-7-24-16-6-4-12(27-2)10-13(16)17(21)18(24)19(23)25/h3-6,9-10,19H,7-8H2,1-2H3. The van der Waals surface area contributed by atoms with Gasteiger partial charge in [0.1, 0.15) is 17.7 Å². The minimum Gasteiger partial charge on any atom is -0.497 e. The molecule has 3 aromatic rings. The van der Waals surface area contributed by atoms with E-state index in [0.29, 0.717) is 18.7 Å². The summed E-state index contributed by atoms with van der Waals surface area (Å²) in [5, 5.41) is 1.05. The third-order valence-electron chi connectivity index (χ3n) is 5.55. The first-order valence-corrected chi connectivity index (χ1v) is 9.49. The van der Waals surface area contributed by atoms with Gasteiger partial charge in [-0.25, -0.2) is 4.39 Å². The first kappa shape index (κ1) is 16.6. The van der Waals surface area contributed by atoms with Crippen LogP contribution in [-0.4, -0.2) is 36.1 Å². The van der Waals surface area contributed by atoms with Crippen LogP contribution in [0.25, 0.3) is 10.9 Å². The van der Waals surface area contributed by atoms with Gasteiger partial charge in [0.05, 0.1) is 28.5 Å². The summed E-state index contributed by atoms with van der Waals surface area (Å²) in [6, 6.07) is 10.4. The maximum atomic E-state index is 13.7. The number of nitrogens with zero attached hydrogens (tertiary/aromatic N) is 3. The van der Waals surface area contributed by atoms with E-state index in [-0.39, 0.29) is 12.1 Å².